The molecule has 1 rings (SSSR count). The average molecular weight is 394 g/mol. The summed E-state index contributed by atoms with van der Waals surface area (Å²) in [6.45, 7) is 0. The van der Waals surface area contributed by atoms with Crippen molar-refractivity contribution in [3.05, 3.63) is 0 Å². The number of ether oxygens (including phenoxy) is 1. The molecule has 0 aromatic heterocycles. The molecule has 24 heavy (non-hydrogen) atoms. The van der Waals surface area contributed by atoms with E-state index in [1.165, 1.54) is 0 Å². The van der Waals surface area contributed by atoms with Crippen LogP contribution in [0, 0.1) is 0 Å². The highest BCUT2D eigenvalue weighted by molar-refractivity contribution is 5.78. The van der Waals surface area contributed by atoms with Crippen molar-refractivity contribution in [2.45, 2.75) is 41.6 Å². The lowest BCUT2D eigenvalue weighted by Crippen LogP contribution is -2.87. The maximum atomic E-state index is 13.3. The lowest BCUT2D eigenvalue weighted by Gasteiger charge is -2.54. The van der Waals surface area contributed by atoms with E-state index in [1.807, 2.05) is 0 Å². The highest BCUT2D eigenvalue weighted by Gasteiger charge is 3.03. The molecule has 1 aliphatic rings. The van der Waals surface area contributed by atoms with E-state index in [4.69, 9.17) is 0 Å². The highest BCUT2D eigenvalue weighted by Crippen LogP contribution is 2.71. The van der Waals surface area contributed by atoms with Gasteiger partial charge >= 0.3 is 47.6 Å². The summed E-state index contributed by atoms with van der Waals surface area (Å²) >= 11 is 0. The van der Waals surface area contributed by atoms with E-state index in [0.29, 0.717) is 0 Å². The first kappa shape index (κ1) is 20.7. The molecule has 0 amide bonds. The van der Waals surface area contributed by atoms with Gasteiger partial charge in [-0.15, -0.1) is 0 Å². The Bertz CT molecular complexity index is 531. The molecule has 2 nitrogen and oxygen atoms in total. The van der Waals surface area contributed by atoms with Crippen LogP contribution in [0.4, 0.5) is 61.5 Å². The number of alkyl halides is 13. The first-order valence-corrected chi connectivity index (χ1v) is 5.01. The number of halogens is 14. The fourth-order valence-electron chi connectivity index (χ4n) is 1.48. The van der Waals surface area contributed by atoms with Crippen molar-refractivity contribution in [2.75, 3.05) is 0 Å². The number of rotatable bonds is 4. The van der Waals surface area contributed by atoms with Gasteiger partial charge in [0.05, 0.1) is 0 Å². The van der Waals surface area contributed by atoms with Crippen molar-refractivity contribution in [1.82, 2.24) is 0 Å². The topological polar surface area (TPSA) is 26.3 Å². The maximum Gasteiger partial charge on any atom is 0.455 e. The molecule has 1 saturated carbocycles. The minimum atomic E-state index is -7.48. The lowest BCUT2D eigenvalue weighted by atomic mass is 9.77. The molecule has 1 fully saturated rings. The van der Waals surface area contributed by atoms with E-state index in [1.54, 1.807) is 4.74 Å². The Morgan fingerprint density at radius 3 is 1.29 bits per heavy atom. The van der Waals surface area contributed by atoms with Gasteiger partial charge in [-0.25, -0.2) is 0 Å². The lowest BCUT2D eigenvalue weighted by molar-refractivity contribution is -0.572. The number of carbonyl (C=O) groups excluding carboxylic acids is 1. The molecule has 1 aliphatic carbocycles. The Kier molecular flexibility index (Phi) is 3.99. The van der Waals surface area contributed by atoms with E-state index in [0.717, 1.165) is 0 Å². The molecule has 0 aromatic rings. The highest BCUT2D eigenvalue weighted by atomic mass is 19.4. The van der Waals surface area contributed by atoms with Crippen LogP contribution in [0.25, 0.3) is 0 Å². The number of hydrogen-bond donors (Lipinski definition) is 0. The van der Waals surface area contributed by atoms with Crippen LogP contribution in [-0.4, -0.2) is 47.6 Å². The summed E-state index contributed by atoms with van der Waals surface area (Å²) in [6, 6.07) is -4.59. The molecule has 0 bridgehead atoms. The fraction of sp³-hybridized carbons (Fsp3) is 0.875. The van der Waals surface area contributed by atoms with Gasteiger partial charge in [0, 0.05) is 0 Å². The summed E-state index contributed by atoms with van der Waals surface area (Å²) < 4.78 is 178. The number of carbonyl (C=O) groups is 1. The van der Waals surface area contributed by atoms with Gasteiger partial charge in [-0.1, -0.05) is 0 Å². The van der Waals surface area contributed by atoms with Gasteiger partial charge < -0.3 is 0 Å². The van der Waals surface area contributed by atoms with Crippen molar-refractivity contribution in [1.29, 1.82) is 0 Å². The Morgan fingerprint density at radius 1 is 0.708 bits per heavy atom. The Morgan fingerprint density at radius 2 is 1.04 bits per heavy atom. The van der Waals surface area contributed by atoms with Crippen LogP contribution in [0.2, 0.25) is 0 Å². The largest absolute Gasteiger partial charge is 0.455 e. The second-order valence-electron chi connectivity index (χ2n) is 4.36. The molecule has 0 aliphatic heterocycles. The minimum absolute atomic E-state index is 1.67. The Balaban J connectivity index is 3.56. The monoisotopic (exact) mass is 394 g/mol. The van der Waals surface area contributed by atoms with E-state index in [-0.39, 0.29) is 0 Å². The van der Waals surface area contributed by atoms with E-state index < -0.39 is 47.6 Å². The summed E-state index contributed by atoms with van der Waals surface area (Å²) in [4.78, 5) is 9.72. The molecule has 0 saturated heterocycles. The molecule has 1 atom stereocenters. The van der Waals surface area contributed by atoms with Gasteiger partial charge in [0.2, 0.25) is 0 Å². The molecule has 0 heterocycles. The molecule has 0 aromatic carbocycles. The third-order valence-corrected chi connectivity index (χ3v) is 2.89. The summed E-state index contributed by atoms with van der Waals surface area (Å²) in [5, 5.41) is 0. The van der Waals surface area contributed by atoms with Crippen LogP contribution >= 0.6 is 0 Å². The van der Waals surface area contributed by atoms with Gasteiger partial charge in [0.15, 0.2) is 0 Å². The van der Waals surface area contributed by atoms with Crippen molar-refractivity contribution in [2.24, 2.45) is 0 Å². The van der Waals surface area contributed by atoms with Gasteiger partial charge in [-0.3, -0.25) is 9.53 Å². The molecule has 0 spiro atoms. The van der Waals surface area contributed by atoms with Crippen LogP contribution in [0.1, 0.15) is 0 Å². The number of hydrogen-bond acceptors (Lipinski definition) is 2. The minimum Gasteiger partial charge on any atom is -0.286 e. The molecular weight excluding hydrogens is 394 g/mol. The zero-order chi connectivity index (χ0) is 19.8. The second-order valence-corrected chi connectivity index (χ2v) is 4.36. The summed E-state index contributed by atoms with van der Waals surface area (Å²) in [6.07, 6.45) is -7.48. The van der Waals surface area contributed by atoms with E-state index >= 15 is 0 Å². The molecule has 1 unspecified atom stereocenters. The van der Waals surface area contributed by atoms with E-state index in [9.17, 15) is 66.3 Å². The van der Waals surface area contributed by atoms with Crippen LogP contribution in [-0.2, 0) is 9.53 Å². The van der Waals surface area contributed by atoms with Gasteiger partial charge in [0.25, 0.3) is 0 Å². The Labute approximate surface area is 120 Å². The third kappa shape index (κ3) is 1.91. The van der Waals surface area contributed by atoms with Gasteiger partial charge in [-0.05, 0) is 0 Å². The van der Waals surface area contributed by atoms with Gasteiger partial charge in [-0.2, -0.15) is 61.5 Å². The molecule has 142 valence electrons. The van der Waals surface area contributed by atoms with Crippen molar-refractivity contribution < 1.29 is 71.0 Å². The Hall–Kier alpha value is -1.35. The third-order valence-electron chi connectivity index (χ3n) is 2.89. The van der Waals surface area contributed by atoms with Crippen LogP contribution in [0.5, 0.6) is 0 Å². The fourth-order valence-corrected chi connectivity index (χ4v) is 1.48. The summed E-state index contributed by atoms with van der Waals surface area (Å²) in [7, 11) is 0. The molecular formula is C8F14O2. The van der Waals surface area contributed by atoms with Crippen LogP contribution < -0.4 is 0 Å². The van der Waals surface area contributed by atoms with Crippen molar-refractivity contribution in [3.63, 3.8) is 0 Å². The zero-order valence-electron chi connectivity index (χ0n) is 10.1. The normalized spacial score (nSPS) is 27.1. The molecule has 16 heteroatoms. The zero-order valence-corrected chi connectivity index (χ0v) is 10.1. The summed E-state index contributed by atoms with van der Waals surface area (Å²) in [5.74, 6) is -42.3. The quantitative estimate of drug-likeness (QED) is 0.534. The predicted octanol–water partition coefficient (Wildman–Crippen LogP) is 3.95. The van der Waals surface area contributed by atoms with Crippen LogP contribution in [0.15, 0.2) is 0 Å². The first-order chi connectivity index (χ1) is 10.2. The van der Waals surface area contributed by atoms with Crippen molar-refractivity contribution >= 4 is 6.04 Å². The SMILES string of the molecule is O=C(F)C(F)(F)C(F)(OC1(F)C(F)(F)C(F)(F)C1(F)F)C(F)(F)F. The van der Waals surface area contributed by atoms with E-state index in [2.05, 4.69) is 0 Å². The van der Waals surface area contributed by atoms with Gasteiger partial charge in [0.1, 0.15) is 0 Å². The maximum absolute atomic E-state index is 13.3. The smallest absolute Gasteiger partial charge is 0.286 e. The predicted molar refractivity (Wildman–Crippen MR) is 40.7 cm³/mol. The molecule has 0 radical (unpaired) electrons. The van der Waals surface area contributed by atoms with Crippen LogP contribution in [0.3, 0.4) is 0 Å². The second kappa shape index (κ2) is 4.63. The van der Waals surface area contributed by atoms with Crippen molar-refractivity contribution in [3.8, 4) is 0 Å². The average Bonchev–Trinajstić information content (AvgIpc) is 2.34. The summed E-state index contributed by atoms with van der Waals surface area (Å²) in [5.41, 5.74) is 0. The first-order valence-electron chi connectivity index (χ1n) is 5.01. The standard InChI is InChI=1S/C8F14O2/c9-1(23)2(10,11)6(18,8(20,21)22)24-7(19)4(14,15)3(12,13)5(7,16)17. The molecule has 0 N–H and O–H groups in total.